The predicted molar refractivity (Wildman–Crippen MR) is 157 cm³/mol. The van der Waals surface area contributed by atoms with Gasteiger partial charge in [-0.05, 0) is 66.8 Å². The Kier molecular flexibility index (Phi) is 7.05. The van der Waals surface area contributed by atoms with E-state index in [1.54, 1.807) is 12.1 Å². The normalized spacial score (nSPS) is 23.0. The molecule has 4 aromatic rings. The number of aromatic hydroxyl groups is 1. The Morgan fingerprint density at radius 2 is 1.83 bits per heavy atom. The van der Waals surface area contributed by atoms with E-state index in [4.69, 9.17) is 21.3 Å². The summed E-state index contributed by atoms with van der Waals surface area (Å²) < 4.78 is 36.5. The van der Waals surface area contributed by atoms with Crippen molar-refractivity contribution in [1.29, 1.82) is 0 Å². The SMILES string of the molecule is Oc1cc(-c2c(Cl)cc3c(N4CC5CCC(C4)N5)nc(OCCN4CCCC(F)C4)nc3c2F)c2ccccc2c1. The number of rotatable bonds is 6. The van der Waals surface area contributed by atoms with E-state index in [0.717, 1.165) is 49.7 Å². The van der Waals surface area contributed by atoms with Gasteiger partial charge in [0.1, 0.15) is 29.9 Å². The number of piperidine rings is 1. The predicted octanol–water partition coefficient (Wildman–Crippen LogP) is 5.70. The van der Waals surface area contributed by atoms with Crippen molar-refractivity contribution in [3.05, 3.63) is 53.3 Å². The maximum Gasteiger partial charge on any atom is 0.319 e. The van der Waals surface area contributed by atoms with Gasteiger partial charge in [-0.2, -0.15) is 9.97 Å². The number of phenols is 1. The van der Waals surface area contributed by atoms with Gasteiger partial charge in [-0.25, -0.2) is 8.78 Å². The molecular weight excluding hydrogens is 548 g/mol. The molecule has 4 heterocycles. The lowest BCUT2D eigenvalue weighted by molar-refractivity contribution is 0.119. The van der Waals surface area contributed by atoms with Crippen LogP contribution in [0.5, 0.6) is 11.8 Å². The summed E-state index contributed by atoms with van der Waals surface area (Å²) in [4.78, 5) is 13.5. The number of hydrogen-bond donors (Lipinski definition) is 2. The van der Waals surface area contributed by atoms with Crippen molar-refractivity contribution in [2.75, 3.05) is 44.2 Å². The fraction of sp³-hybridized carbons (Fsp3) is 0.419. The number of halogens is 3. The molecule has 1 aromatic heterocycles. The van der Waals surface area contributed by atoms with E-state index < -0.39 is 12.0 Å². The first-order valence-corrected chi connectivity index (χ1v) is 14.7. The molecule has 7 nitrogen and oxygen atoms in total. The summed E-state index contributed by atoms with van der Waals surface area (Å²) in [5.41, 5.74) is 0.771. The molecule has 214 valence electrons. The summed E-state index contributed by atoms with van der Waals surface area (Å²) in [6.45, 7) is 3.51. The molecule has 2 N–H and O–H groups in total. The highest BCUT2D eigenvalue weighted by Gasteiger charge is 2.34. The Hall–Kier alpha value is -3.27. The number of nitrogens with one attached hydrogen (secondary N) is 1. The van der Waals surface area contributed by atoms with E-state index in [-0.39, 0.29) is 34.5 Å². The number of benzene rings is 3. The second kappa shape index (κ2) is 10.9. The molecule has 3 unspecified atom stereocenters. The highest BCUT2D eigenvalue weighted by atomic mass is 35.5. The molecule has 41 heavy (non-hydrogen) atoms. The van der Waals surface area contributed by atoms with Gasteiger partial charge in [0.05, 0.1) is 5.02 Å². The Morgan fingerprint density at radius 1 is 1.02 bits per heavy atom. The van der Waals surface area contributed by atoms with Gasteiger partial charge in [0.25, 0.3) is 0 Å². The molecular formula is C31H32ClF2N5O2. The van der Waals surface area contributed by atoms with Crippen molar-refractivity contribution in [2.45, 2.75) is 43.9 Å². The lowest BCUT2D eigenvalue weighted by Gasteiger charge is -2.34. The van der Waals surface area contributed by atoms with Gasteiger partial charge in [0, 0.05) is 49.2 Å². The molecule has 0 amide bonds. The van der Waals surface area contributed by atoms with Crippen LogP contribution in [-0.2, 0) is 0 Å². The number of phenolic OH excluding ortho intramolecular Hbond substituents is 1. The molecule has 3 saturated heterocycles. The van der Waals surface area contributed by atoms with Crippen molar-refractivity contribution < 1.29 is 18.6 Å². The third-order valence-corrected chi connectivity index (χ3v) is 8.86. The number of fused-ring (bicyclic) bond motifs is 4. The second-order valence-corrected chi connectivity index (χ2v) is 11.8. The minimum Gasteiger partial charge on any atom is -0.508 e. The molecule has 0 aliphatic carbocycles. The Morgan fingerprint density at radius 3 is 2.63 bits per heavy atom. The third-order valence-electron chi connectivity index (χ3n) is 8.56. The van der Waals surface area contributed by atoms with Gasteiger partial charge in [0.2, 0.25) is 0 Å². The van der Waals surface area contributed by atoms with E-state index in [0.29, 0.717) is 48.4 Å². The fourth-order valence-corrected chi connectivity index (χ4v) is 6.95. The molecule has 3 aliphatic rings. The minimum atomic E-state index is -0.818. The monoisotopic (exact) mass is 579 g/mol. The average molecular weight is 580 g/mol. The highest BCUT2D eigenvalue weighted by molar-refractivity contribution is 6.35. The van der Waals surface area contributed by atoms with Crippen molar-refractivity contribution in [3.63, 3.8) is 0 Å². The van der Waals surface area contributed by atoms with Crippen LogP contribution in [-0.4, -0.2) is 77.6 Å². The van der Waals surface area contributed by atoms with Gasteiger partial charge in [-0.3, -0.25) is 4.90 Å². The van der Waals surface area contributed by atoms with E-state index >= 15 is 4.39 Å². The van der Waals surface area contributed by atoms with Gasteiger partial charge in [-0.1, -0.05) is 35.9 Å². The molecule has 2 bridgehead atoms. The Labute approximate surface area is 242 Å². The summed E-state index contributed by atoms with van der Waals surface area (Å²) in [6, 6.07) is 13.1. The summed E-state index contributed by atoms with van der Waals surface area (Å²) in [6.07, 6.45) is 2.77. The van der Waals surface area contributed by atoms with E-state index in [2.05, 4.69) is 15.2 Å². The number of nitrogens with zero attached hydrogens (tertiary/aromatic N) is 4. The quantitative estimate of drug-likeness (QED) is 0.303. The Balaban J connectivity index is 1.32. The molecule has 3 aromatic carbocycles. The van der Waals surface area contributed by atoms with Crippen LogP contribution in [0.15, 0.2) is 42.5 Å². The third kappa shape index (κ3) is 5.15. The molecule has 0 radical (unpaired) electrons. The van der Waals surface area contributed by atoms with E-state index in [1.165, 1.54) is 6.07 Å². The molecule has 3 fully saturated rings. The highest BCUT2D eigenvalue weighted by Crippen LogP contribution is 2.42. The maximum absolute atomic E-state index is 16.6. The number of likely N-dealkylation sites (tertiary alicyclic amines) is 1. The van der Waals surface area contributed by atoms with Crippen LogP contribution in [0.1, 0.15) is 25.7 Å². The topological polar surface area (TPSA) is 73.8 Å². The van der Waals surface area contributed by atoms with Crippen LogP contribution >= 0.6 is 11.6 Å². The van der Waals surface area contributed by atoms with Gasteiger partial charge in [-0.15, -0.1) is 0 Å². The first kappa shape index (κ1) is 26.6. The number of anilines is 1. The van der Waals surface area contributed by atoms with Gasteiger partial charge >= 0.3 is 6.01 Å². The van der Waals surface area contributed by atoms with Crippen LogP contribution in [0, 0.1) is 5.82 Å². The molecule has 10 heteroatoms. The summed E-state index contributed by atoms with van der Waals surface area (Å²) >= 11 is 6.82. The van der Waals surface area contributed by atoms with Crippen LogP contribution < -0.4 is 15.0 Å². The zero-order valence-electron chi connectivity index (χ0n) is 22.6. The number of ether oxygens (including phenoxy) is 1. The van der Waals surface area contributed by atoms with Crippen molar-refractivity contribution in [1.82, 2.24) is 20.2 Å². The molecule has 7 rings (SSSR count). The molecule has 3 atom stereocenters. The molecule has 3 aliphatic heterocycles. The molecule has 0 saturated carbocycles. The van der Waals surface area contributed by atoms with E-state index in [9.17, 15) is 9.50 Å². The number of hydrogen-bond acceptors (Lipinski definition) is 7. The van der Waals surface area contributed by atoms with Crippen LogP contribution in [0.25, 0.3) is 32.8 Å². The fourth-order valence-electron chi connectivity index (χ4n) is 6.65. The number of alkyl halides is 1. The van der Waals surface area contributed by atoms with Gasteiger partial charge < -0.3 is 20.1 Å². The zero-order chi connectivity index (χ0) is 28.1. The minimum absolute atomic E-state index is 0.0196. The van der Waals surface area contributed by atoms with Crippen molar-refractivity contribution >= 4 is 39.1 Å². The zero-order valence-corrected chi connectivity index (χ0v) is 23.4. The summed E-state index contributed by atoms with van der Waals surface area (Å²) in [5.74, 6) is 0.0238. The van der Waals surface area contributed by atoms with Gasteiger partial charge in [0.15, 0.2) is 5.82 Å². The average Bonchev–Trinajstić information content (AvgIpc) is 3.30. The first-order chi connectivity index (χ1) is 19.9. The number of piperazine rings is 1. The molecule has 0 spiro atoms. The Bertz CT molecular complexity index is 1610. The number of aromatic nitrogens is 2. The maximum atomic E-state index is 16.6. The smallest absolute Gasteiger partial charge is 0.319 e. The summed E-state index contributed by atoms with van der Waals surface area (Å²) in [5, 5.41) is 16.4. The lowest BCUT2D eigenvalue weighted by Crippen LogP contribution is -2.51. The van der Waals surface area contributed by atoms with E-state index in [1.807, 2.05) is 29.2 Å². The van der Waals surface area contributed by atoms with Crippen molar-refractivity contribution in [3.8, 4) is 22.9 Å². The second-order valence-electron chi connectivity index (χ2n) is 11.4. The van der Waals surface area contributed by atoms with Crippen molar-refractivity contribution in [2.24, 2.45) is 0 Å². The van der Waals surface area contributed by atoms with Crippen LogP contribution in [0.3, 0.4) is 0 Å². The van der Waals surface area contributed by atoms with Crippen LogP contribution in [0.2, 0.25) is 5.02 Å². The summed E-state index contributed by atoms with van der Waals surface area (Å²) in [7, 11) is 0. The largest absolute Gasteiger partial charge is 0.508 e. The van der Waals surface area contributed by atoms with Crippen LogP contribution in [0.4, 0.5) is 14.6 Å². The lowest BCUT2D eigenvalue weighted by atomic mass is 9.96. The standard InChI is InChI=1S/C31H32ClF2N5O2/c32-26-14-25-29(28(34)27(26)24-13-22(40)12-18-4-1-2-6-23(18)24)36-31(41-11-10-38-9-3-5-19(33)15-38)37-30(25)39-16-20-7-8-21(17-39)35-20/h1-2,4,6,12-14,19-21,35,40H,3,5,7-11,15-17H2. The first-order valence-electron chi connectivity index (χ1n) is 14.3.